The first kappa shape index (κ1) is 14.1. The molecule has 0 aliphatic rings. The fraction of sp³-hybridized carbons (Fsp3) is 0.250. The highest BCUT2D eigenvalue weighted by Crippen LogP contribution is 2.27. The van der Waals surface area contributed by atoms with Gasteiger partial charge in [-0.25, -0.2) is 0 Å². The number of benzene rings is 2. The average molecular weight is 277 g/mol. The first-order valence-corrected chi connectivity index (χ1v) is 6.48. The third-order valence-corrected chi connectivity index (χ3v) is 3.18. The molecule has 2 rings (SSSR count). The third kappa shape index (κ3) is 3.57. The summed E-state index contributed by atoms with van der Waals surface area (Å²) in [5.74, 6) is 0. The number of hydrogen-bond donors (Lipinski definition) is 0. The molecule has 2 aromatic rings. The van der Waals surface area contributed by atoms with E-state index in [0.717, 1.165) is 27.3 Å². The molecule has 100 valence electrons. The van der Waals surface area contributed by atoms with Crippen LogP contribution in [-0.2, 0) is 22.7 Å². The van der Waals surface area contributed by atoms with Crippen LogP contribution in [0.1, 0.15) is 11.1 Å². The quantitative estimate of drug-likeness (QED) is 0.811. The van der Waals surface area contributed by atoms with Crippen molar-refractivity contribution in [3.8, 4) is 11.1 Å². The zero-order valence-corrected chi connectivity index (χ0v) is 11.9. The number of hydrogen-bond acceptors (Lipinski definition) is 2. The summed E-state index contributed by atoms with van der Waals surface area (Å²) in [4.78, 5) is 0. The van der Waals surface area contributed by atoms with E-state index in [0.29, 0.717) is 13.2 Å². The summed E-state index contributed by atoms with van der Waals surface area (Å²) in [6, 6.07) is 14.2. The Hall–Kier alpha value is -1.35. The average Bonchev–Trinajstić information content (AvgIpc) is 2.41. The minimum absolute atomic E-state index is 0.551. The molecule has 0 spiro atoms. The minimum atomic E-state index is 0.551. The maximum Gasteiger partial charge on any atom is 0.0719 e. The molecular weight excluding hydrogens is 260 g/mol. The van der Waals surface area contributed by atoms with E-state index >= 15 is 0 Å². The lowest BCUT2D eigenvalue weighted by Gasteiger charge is -2.10. The molecule has 0 aromatic heterocycles. The first-order chi connectivity index (χ1) is 9.24. The molecule has 0 saturated heterocycles. The summed E-state index contributed by atoms with van der Waals surface area (Å²) in [7, 11) is 3.39. The Morgan fingerprint density at radius 1 is 0.895 bits per heavy atom. The summed E-state index contributed by atoms with van der Waals surface area (Å²) in [6.07, 6.45) is 0. The zero-order valence-electron chi connectivity index (χ0n) is 11.2. The van der Waals surface area contributed by atoms with Crippen molar-refractivity contribution in [2.75, 3.05) is 14.2 Å². The van der Waals surface area contributed by atoms with Gasteiger partial charge in [0.2, 0.25) is 0 Å². The van der Waals surface area contributed by atoms with Crippen LogP contribution >= 0.6 is 11.6 Å². The minimum Gasteiger partial charge on any atom is -0.380 e. The molecule has 2 aromatic carbocycles. The molecule has 0 N–H and O–H groups in total. The predicted molar refractivity (Wildman–Crippen MR) is 78.3 cm³/mol. The molecule has 0 heterocycles. The lowest BCUT2D eigenvalue weighted by atomic mass is 9.99. The Kier molecular flexibility index (Phi) is 4.97. The largest absolute Gasteiger partial charge is 0.380 e. The van der Waals surface area contributed by atoms with Crippen molar-refractivity contribution in [3.05, 3.63) is 58.6 Å². The smallest absolute Gasteiger partial charge is 0.0719 e. The van der Waals surface area contributed by atoms with E-state index in [-0.39, 0.29) is 0 Å². The summed E-state index contributed by atoms with van der Waals surface area (Å²) in [5.41, 5.74) is 4.56. The molecule has 0 aliphatic carbocycles. The van der Waals surface area contributed by atoms with Gasteiger partial charge in [-0.05, 0) is 34.4 Å². The monoisotopic (exact) mass is 276 g/mol. The van der Waals surface area contributed by atoms with Crippen LogP contribution in [0.5, 0.6) is 0 Å². The van der Waals surface area contributed by atoms with Gasteiger partial charge in [-0.3, -0.25) is 0 Å². The normalized spacial score (nSPS) is 10.7. The van der Waals surface area contributed by atoms with E-state index in [2.05, 4.69) is 24.3 Å². The van der Waals surface area contributed by atoms with Crippen molar-refractivity contribution in [2.45, 2.75) is 13.2 Å². The second-order valence-electron chi connectivity index (χ2n) is 4.36. The molecular formula is C16H17ClO2. The van der Waals surface area contributed by atoms with E-state index in [1.165, 1.54) is 0 Å². The van der Waals surface area contributed by atoms with Gasteiger partial charge in [0.1, 0.15) is 0 Å². The molecule has 0 radical (unpaired) electrons. The van der Waals surface area contributed by atoms with E-state index in [4.69, 9.17) is 21.1 Å². The molecule has 19 heavy (non-hydrogen) atoms. The molecule has 0 bridgehead atoms. The van der Waals surface area contributed by atoms with Gasteiger partial charge in [0, 0.05) is 19.2 Å². The van der Waals surface area contributed by atoms with E-state index in [1.54, 1.807) is 14.2 Å². The standard InChI is InChI=1S/C16H17ClO2/c1-18-10-12-3-5-13(6-4-12)16-8-7-15(17)9-14(16)11-19-2/h3-9H,10-11H2,1-2H3. The molecule has 2 nitrogen and oxygen atoms in total. The van der Waals surface area contributed by atoms with E-state index in [1.807, 2.05) is 18.2 Å². The van der Waals surface area contributed by atoms with E-state index < -0.39 is 0 Å². The Bertz CT molecular complexity index is 535. The summed E-state index contributed by atoms with van der Waals surface area (Å²) in [5, 5.41) is 0.729. The molecule has 0 aliphatic heterocycles. The van der Waals surface area contributed by atoms with Crippen molar-refractivity contribution < 1.29 is 9.47 Å². The third-order valence-electron chi connectivity index (χ3n) is 2.94. The van der Waals surface area contributed by atoms with Crippen LogP contribution in [0.4, 0.5) is 0 Å². The first-order valence-electron chi connectivity index (χ1n) is 6.10. The van der Waals surface area contributed by atoms with Crippen molar-refractivity contribution in [1.29, 1.82) is 0 Å². The van der Waals surface area contributed by atoms with Gasteiger partial charge in [0.25, 0.3) is 0 Å². The highest BCUT2D eigenvalue weighted by atomic mass is 35.5. The second kappa shape index (κ2) is 6.71. The second-order valence-corrected chi connectivity index (χ2v) is 4.80. The summed E-state index contributed by atoms with van der Waals surface area (Å²) >= 11 is 6.03. The van der Waals surface area contributed by atoms with Gasteiger partial charge in [0.15, 0.2) is 0 Å². The Balaban J connectivity index is 2.34. The van der Waals surface area contributed by atoms with E-state index in [9.17, 15) is 0 Å². The van der Waals surface area contributed by atoms with Crippen molar-refractivity contribution in [3.63, 3.8) is 0 Å². The fourth-order valence-electron chi connectivity index (χ4n) is 2.07. The van der Waals surface area contributed by atoms with Gasteiger partial charge in [0.05, 0.1) is 13.2 Å². The van der Waals surface area contributed by atoms with Gasteiger partial charge in [-0.15, -0.1) is 0 Å². The molecule has 0 unspecified atom stereocenters. The van der Waals surface area contributed by atoms with Gasteiger partial charge < -0.3 is 9.47 Å². The van der Waals surface area contributed by atoms with Gasteiger partial charge in [-0.2, -0.15) is 0 Å². The van der Waals surface area contributed by atoms with Crippen molar-refractivity contribution >= 4 is 11.6 Å². The Morgan fingerprint density at radius 2 is 1.58 bits per heavy atom. The van der Waals surface area contributed by atoms with Crippen LogP contribution < -0.4 is 0 Å². The highest BCUT2D eigenvalue weighted by molar-refractivity contribution is 6.30. The lowest BCUT2D eigenvalue weighted by molar-refractivity contribution is 0.185. The molecule has 0 saturated carbocycles. The van der Waals surface area contributed by atoms with Crippen molar-refractivity contribution in [2.24, 2.45) is 0 Å². The SMILES string of the molecule is COCc1ccc(-c2ccc(Cl)cc2COC)cc1. The fourth-order valence-corrected chi connectivity index (χ4v) is 2.26. The van der Waals surface area contributed by atoms with Crippen LogP contribution in [0.15, 0.2) is 42.5 Å². The zero-order chi connectivity index (χ0) is 13.7. The maximum atomic E-state index is 6.03. The van der Waals surface area contributed by atoms with Crippen LogP contribution in [-0.4, -0.2) is 14.2 Å². The number of halogens is 1. The number of ether oxygens (including phenoxy) is 2. The number of methoxy groups -OCH3 is 2. The predicted octanol–water partition coefficient (Wildman–Crippen LogP) is 4.30. The summed E-state index contributed by atoms with van der Waals surface area (Å²) < 4.78 is 10.3. The molecule has 3 heteroatoms. The molecule has 0 atom stereocenters. The van der Waals surface area contributed by atoms with Gasteiger partial charge in [-0.1, -0.05) is 41.9 Å². The number of rotatable bonds is 5. The lowest BCUT2D eigenvalue weighted by Crippen LogP contribution is -1.93. The van der Waals surface area contributed by atoms with Crippen LogP contribution in [0.25, 0.3) is 11.1 Å². The summed E-state index contributed by atoms with van der Waals surface area (Å²) in [6.45, 7) is 1.18. The van der Waals surface area contributed by atoms with Crippen molar-refractivity contribution in [1.82, 2.24) is 0 Å². The topological polar surface area (TPSA) is 18.5 Å². The van der Waals surface area contributed by atoms with Gasteiger partial charge >= 0.3 is 0 Å². The molecule has 0 amide bonds. The van der Waals surface area contributed by atoms with Crippen LogP contribution in [0.2, 0.25) is 5.02 Å². The Morgan fingerprint density at radius 3 is 2.21 bits per heavy atom. The Labute approximate surface area is 118 Å². The van der Waals surface area contributed by atoms with Crippen LogP contribution in [0.3, 0.4) is 0 Å². The molecule has 0 fully saturated rings. The van der Waals surface area contributed by atoms with Crippen LogP contribution in [0, 0.1) is 0 Å². The highest BCUT2D eigenvalue weighted by Gasteiger charge is 2.06. The maximum absolute atomic E-state index is 6.03.